The molecular formula is C19H21N5OS. The summed E-state index contributed by atoms with van der Waals surface area (Å²) < 4.78 is 9.77. The standard InChI is InChI=1S/C19H21N5OS/c1-2-4-15(5-3-1)14-20-19-22-18(23-26-19)21-16-6-8-17(9-7-16)24-10-12-25-13-11-24/h1-9H,10-14H2,(H2,20,21,22,23). The Morgan fingerprint density at radius 2 is 1.77 bits per heavy atom. The van der Waals surface area contributed by atoms with E-state index in [1.165, 1.54) is 22.8 Å². The third kappa shape index (κ3) is 4.30. The summed E-state index contributed by atoms with van der Waals surface area (Å²) in [5, 5.41) is 7.37. The highest BCUT2D eigenvalue weighted by Gasteiger charge is 2.11. The predicted molar refractivity (Wildman–Crippen MR) is 106 cm³/mol. The summed E-state index contributed by atoms with van der Waals surface area (Å²) in [5.74, 6) is 0.615. The lowest BCUT2D eigenvalue weighted by atomic mass is 10.2. The molecule has 1 saturated heterocycles. The summed E-state index contributed by atoms with van der Waals surface area (Å²) in [6.07, 6.45) is 0. The fraction of sp³-hybridized carbons (Fsp3) is 0.263. The molecule has 1 fully saturated rings. The SMILES string of the molecule is c1ccc(CNc2nc(Nc3ccc(N4CCOCC4)cc3)ns2)cc1. The summed E-state index contributed by atoms with van der Waals surface area (Å²) in [5.41, 5.74) is 3.42. The number of hydrogen-bond acceptors (Lipinski definition) is 7. The zero-order valence-corrected chi connectivity index (χ0v) is 15.2. The van der Waals surface area contributed by atoms with Gasteiger partial charge in [0.05, 0.1) is 13.2 Å². The molecule has 0 aliphatic carbocycles. The summed E-state index contributed by atoms with van der Waals surface area (Å²) in [6, 6.07) is 18.6. The van der Waals surface area contributed by atoms with Crippen molar-refractivity contribution < 1.29 is 4.74 Å². The van der Waals surface area contributed by atoms with Gasteiger partial charge in [-0.3, -0.25) is 0 Å². The van der Waals surface area contributed by atoms with Crippen molar-refractivity contribution in [3.05, 3.63) is 60.2 Å². The van der Waals surface area contributed by atoms with Gasteiger partial charge in [0.25, 0.3) is 0 Å². The van der Waals surface area contributed by atoms with E-state index in [0.29, 0.717) is 5.95 Å². The van der Waals surface area contributed by atoms with Crippen LogP contribution < -0.4 is 15.5 Å². The van der Waals surface area contributed by atoms with Gasteiger partial charge in [0.1, 0.15) is 0 Å². The number of ether oxygens (including phenoxy) is 1. The van der Waals surface area contributed by atoms with Gasteiger partial charge in [-0.15, -0.1) is 0 Å². The molecular weight excluding hydrogens is 346 g/mol. The van der Waals surface area contributed by atoms with Crippen molar-refractivity contribution in [2.75, 3.05) is 41.8 Å². The van der Waals surface area contributed by atoms with Gasteiger partial charge in [-0.2, -0.15) is 9.36 Å². The van der Waals surface area contributed by atoms with Crippen molar-refractivity contribution in [3.63, 3.8) is 0 Å². The van der Waals surface area contributed by atoms with Crippen LogP contribution in [0.3, 0.4) is 0 Å². The normalized spacial score (nSPS) is 14.2. The molecule has 0 amide bonds. The third-order valence-electron chi connectivity index (χ3n) is 4.21. The molecule has 0 spiro atoms. The maximum atomic E-state index is 5.40. The van der Waals surface area contributed by atoms with Crippen LogP contribution in [0.5, 0.6) is 0 Å². The number of nitrogens with zero attached hydrogens (tertiary/aromatic N) is 3. The van der Waals surface area contributed by atoms with Crippen molar-refractivity contribution in [1.29, 1.82) is 0 Å². The van der Waals surface area contributed by atoms with Crippen LogP contribution in [0.1, 0.15) is 5.56 Å². The maximum absolute atomic E-state index is 5.40. The van der Waals surface area contributed by atoms with Gasteiger partial charge >= 0.3 is 0 Å². The molecule has 2 N–H and O–H groups in total. The first-order valence-corrected chi connectivity index (χ1v) is 9.45. The molecule has 7 heteroatoms. The number of nitrogens with one attached hydrogen (secondary N) is 2. The first kappa shape index (κ1) is 16.8. The van der Waals surface area contributed by atoms with E-state index in [-0.39, 0.29) is 0 Å². The molecule has 0 saturated carbocycles. The van der Waals surface area contributed by atoms with E-state index >= 15 is 0 Å². The van der Waals surface area contributed by atoms with Gasteiger partial charge in [-0.1, -0.05) is 30.3 Å². The minimum Gasteiger partial charge on any atom is -0.378 e. The fourth-order valence-electron chi connectivity index (χ4n) is 2.83. The average Bonchev–Trinajstić information content (AvgIpc) is 3.16. The largest absolute Gasteiger partial charge is 0.378 e. The molecule has 2 aromatic carbocycles. The molecule has 26 heavy (non-hydrogen) atoms. The molecule has 2 heterocycles. The molecule has 6 nitrogen and oxygen atoms in total. The topological polar surface area (TPSA) is 62.3 Å². The van der Waals surface area contributed by atoms with Crippen LogP contribution in [-0.4, -0.2) is 35.7 Å². The van der Waals surface area contributed by atoms with Crippen LogP contribution in [0.15, 0.2) is 54.6 Å². The lowest BCUT2D eigenvalue weighted by Gasteiger charge is -2.28. The lowest BCUT2D eigenvalue weighted by Crippen LogP contribution is -2.36. The molecule has 0 radical (unpaired) electrons. The Labute approximate surface area is 157 Å². The van der Waals surface area contributed by atoms with Crippen molar-refractivity contribution >= 4 is 34.0 Å². The number of morpholine rings is 1. The lowest BCUT2D eigenvalue weighted by molar-refractivity contribution is 0.122. The highest BCUT2D eigenvalue weighted by molar-refractivity contribution is 7.09. The molecule has 1 aliphatic rings. The first-order chi connectivity index (χ1) is 12.9. The monoisotopic (exact) mass is 367 g/mol. The van der Waals surface area contributed by atoms with Crippen LogP contribution in [0, 0.1) is 0 Å². The molecule has 0 unspecified atom stereocenters. The van der Waals surface area contributed by atoms with Crippen molar-refractivity contribution in [2.45, 2.75) is 6.54 Å². The molecule has 4 rings (SSSR count). The number of aromatic nitrogens is 2. The third-order valence-corrected chi connectivity index (χ3v) is 4.89. The molecule has 0 atom stereocenters. The Morgan fingerprint density at radius 1 is 1.00 bits per heavy atom. The van der Waals surface area contributed by atoms with Crippen molar-refractivity contribution in [3.8, 4) is 0 Å². The fourth-order valence-corrected chi connectivity index (χ4v) is 3.35. The van der Waals surface area contributed by atoms with Crippen molar-refractivity contribution in [2.24, 2.45) is 0 Å². The average molecular weight is 367 g/mol. The molecule has 0 bridgehead atoms. The molecule has 3 aromatic rings. The van der Waals surface area contributed by atoms with Gasteiger partial charge in [-0.05, 0) is 29.8 Å². The second-order valence-electron chi connectivity index (χ2n) is 6.03. The van der Waals surface area contributed by atoms with E-state index in [0.717, 1.165) is 43.7 Å². The van der Waals surface area contributed by atoms with E-state index in [4.69, 9.17) is 4.74 Å². The number of rotatable bonds is 6. The predicted octanol–water partition coefficient (Wildman–Crippen LogP) is 3.73. The number of benzene rings is 2. The smallest absolute Gasteiger partial charge is 0.240 e. The van der Waals surface area contributed by atoms with Gasteiger partial charge in [0, 0.05) is 42.5 Å². The van der Waals surface area contributed by atoms with Gasteiger partial charge in [0.2, 0.25) is 11.1 Å². The Hall–Kier alpha value is -2.64. The Bertz CT molecular complexity index is 815. The van der Waals surface area contributed by atoms with Crippen LogP contribution in [0.25, 0.3) is 0 Å². The van der Waals surface area contributed by atoms with Crippen LogP contribution in [0.2, 0.25) is 0 Å². The first-order valence-electron chi connectivity index (χ1n) is 8.68. The van der Waals surface area contributed by atoms with E-state index in [1.807, 2.05) is 18.2 Å². The van der Waals surface area contributed by atoms with E-state index in [9.17, 15) is 0 Å². The molecule has 1 aliphatic heterocycles. The maximum Gasteiger partial charge on any atom is 0.240 e. The second-order valence-corrected chi connectivity index (χ2v) is 6.79. The number of anilines is 4. The number of hydrogen-bond donors (Lipinski definition) is 2. The Morgan fingerprint density at radius 3 is 2.54 bits per heavy atom. The van der Waals surface area contributed by atoms with Crippen LogP contribution in [0.4, 0.5) is 22.5 Å². The summed E-state index contributed by atoms with van der Waals surface area (Å²) >= 11 is 1.36. The van der Waals surface area contributed by atoms with Gasteiger partial charge in [0.15, 0.2) is 0 Å². The van der Waals surface area contributed by atoms with E-state index in [1.54, 1.807) is 0 Å². The van der Waals surface area contributed by atoms with E-state index in [2.05, 4.69) is 61.3 Å². The molecule has 134 valence electrons. The minimum atomic E-state index is 0.615. The highest BCUT2D eigenvalue weighted by Crippen LogP contribution is 2.23. The highest BCUT2D eigenvalue weighted by atomic mass is 32.1. The zero-order chi connectivity index (χ0) is 17.6. The van der Waals surface area contributed by atoms with Crippen LogP contribution >= 0.6 is 11.5 Å². The minimum absolute atomic E-state index is 0.615. The summed E-state index contributed by atoms with van der Waals surface area (Å²) in [7, 11) is 0. The van der Waals surface area contributed by atoms with Crippen LogP contribution in [-0.2, 0) is 11.3 Å². The Balaban J connectivity index is 1.33. The van der Waals surface area contributed by atoms with Gasteiger partial charge in [-0.25, -0.2) is 0 Å². The van der Waals surface area contributed by atoms with Crippen molar-refractivity contribution in [1.82, 2.24) is 9.36 Å². The van der Waals surface area contributed by atoms with E-state index < -0.39 is 0 Å². The summed E-state index contributed by atoms with van der Waals surface area (Å²) in [4.78, 5) is 6.82. The van der Waals surface area contributed by atoms with Gasteiger partial charge < -0.3 is 20.3 Å². The Kier molecular flexibility index (Phi) is 5.27. The quantitative estimate of drug-likeness (QED) is 0.692. The zero-order valence-electron chi connectivity index (χ0n) is 14.4. The second kappa shape index (κ2) is 8.16. The summed E-state index contributed by atoms with van der Waals surface area (Å²) in [6.45, 7) is 4.21. The molecule has 1 aromatic heterocycles.